The molecular weight excluding hydrogens is 230 g/mol. The molecule has 5 unspecified atom stereocenters. The number of nitrogens with one attached hydrogen (secondary N) is 1. The summed E-state index contributed by atoms with van der Waals surface area (Å²) in [6.07, 6.45) is 6.33. The number of aliphatic hydroxyl groups is 1. The zero-order valence-corrected chi connectivity index (χ0v) is 10.8. The van der Waals surface area contributed by atoms with Crippen molar-refractivity contribution < 1.29 is 14.6 Å². The first-order valence-corrected chi connectivity index (χ1v) is 7.29. The van der Waals surface area contributed by atoms with Crippen LogP contribution in [0.2, 0.25) is 0 Å². The summed E-state index contributed by atoms with van der Waals surface area (Å²) >= 11 is 0. The van der Waals surface area contributed by atoms with E-state index in [9.17, 15) is 9.90 Å². The van der Waals surface area contributed by atoms with Crippen molar-refractivity contribution in [3.63, 3.8) is 0 Å². The maximum atomic E-state index is 12.0. The van der Waals surface area contributed by atoms with Crippen LogP contribution in [0.3, 0.4) is 0 Å². The highest BCUT2D eigenvalue weighted by Crippen LogP contribution is 2.48. The lowest BCUT2D eigenvalue weighted by atomic mass is 9.85. The van der Waals surface area contributed by atoms with E-state index in [1.54, 1.807) is 0 Å². The van der Waals surface area contributed by atoms with Crippen molar-refractivity contribution >= 4 is 5.91 Å². The molecule has 0 aromatic rings. The van der Waals surface area contributed by atoms with Crippen LogP contribution in [0.4, 0.5) is 0 Å². The molecule has 4 nitrogen and oxygen atoms in total. The van der Waals surface area contributed by atoms with Gasteiger partial charge in [-0.05, 0) is 43.9 Å². The maximum Gasteiger partial charge on any atom is 0.222 e. The van der Waals surface area contributed by atoms with Crippen molar-refractivity contribution in [3.05, 3.63) is 0 Å². The summed E-state index contributed by atoms with van der Waals surface area (Å²) in [5.74, 6) is 1.63. The van der Waals surface area contributed by atoms with Gasteiger partial charge in [0.25, 0.3) is 0 Å². The summed E-state index contributed by atoms with van der Waals surface area (Å²) in [6, 6.07) is 0.211. The van der Waals surface area contributed by atoms with Gasteiger partial charge in [-0.2, -0.15) is 0 Å². The molecule has 0 spiro atoms. The molecule has 1 heterocycles. The highest BCUT2D eigenvalue weighted by atomic mass is 16.5. The molecule has 0 aromatic heterocycles. The molecule has 102 valence electrons. The van der Waals surface area contributed by atoms with Crippen molar-refractivity contribution in [1.82, 2.24) is 5.32 Å². The van der Waals surface area contributed by atoms with Gasteiger partial charge < -0.3 is 15.2 Å². The molecule has 4 heteroatoms. The SMILES string of the molecule is O=C(CC1CCCO1)NC1C2CCC(C2)C1CO. The van der Waals surface area contributed by atoms with E-state index in [4.69, 9.17) is 4.74 Å². The summed E-state index contributed by atoms with van der Waals surface area (Å²) in [5, 5.41) is 12.6. The van der Waals surface area contributed by atoms with E-state index >= 15 is 0 Å². The molecule has 3 fully saturated rings. The van der Waals surface area contributed by atoms with Crippen LogP contribution in [0.5, 0.6) is 0 Å². The lowest BCUT2D eigenvalue weighted by Gasteiger charge is -2.30. The highest BCUT2D eigenvalue weighted by molar-refractivity contribution is 5.77. The van der Waals surface area contributed by atoms with E-state index < -0.39 is 0 Å². The van der Waals surface area contributed by atoms with E-state index in [1.165, 1.54) is 19.3 Å². The van der Waals surface area contributed by atoms with Crippen LogP contribution in [-0.2, 0) is 9.53 Å². The second-order valence-corrected chi connectivity index (χ2v) is 6.11. The predicted octanol–water partition coefficient (Wildman–Crippen LogP) is 1.08. The van der Waals surface area contributed by atoms with E-state index in [0.29, 0.717) is 18.3 Å². The zero-order chi connectivity index (χ0) is 12.5. The van der Waals surface area contributed by atoms with Crippen molar-refractivity contribution in [1.29, 1.82) is 0 Å². The molecule has 0 aromatic carbocycles. The Morgan fingerprint density at radius 1 is 1.28 bits per heavy atom. The number of rotatable bonds is 4. The van der Waals surface area contributed by atoms with Crippen LogP contribution in [0.25, 0.3) is 0 Å². The van der Waals surface area contributed by atoms with Gasteiger partial charge in [-0.1, -0.05) is 0 Å². The second kappa shape index (κ2) is 5.17. The quantitative estimate of drug-likeness (QED) is 0.788. The number of carbonyl (C=O) groups excluding carboxylic acids is 1. The number of amides is 1. The van der Waals surface area contributed by atoms with Crippen LogP contribution in [-0.4, -0.2) is 36.4 Å². The van der Waals surface area contributed by atoms with Gasteiger partial charge in [0.15, 0.2) is 0 Å². The van der Waals surface area contributed by atoms with Gasteiger partial charge >= 0.3 is 0 Å². The molecule has 2 N–H and O–H groups in total. The van der Waals surface area contributed by atoms with E-state index in [1.807, 2.05) is 0 Å². The van der Waals surface area contributed by atoms with E-state index in [-0.39, 0.29) is 30.6 Å². The Morgan fingerprint density at radius 2 is 2.11 bits per heavy atom. The Bertz CT molecular complexity index is 314. The Balaban J connectivity index is 1.53. The first kappa shape index (κ1) is 12.4. The summed E-state index contributed by atoms with van der Waals surface area (Å²) in [5.41, 5.74) is 0. The normalized spacial score (nSPS) is 42.4. The Kier molecular flexibility index (Phi) is 3.57. The van der Waals surface area contributed by atoms with Crippen molar-refractivity contribution in [3.8, 4) is 0 Å². The fourth-order valence-electron chi connectivity index (χ4n) is 4.16. The fraction of sp³-hybridized carbons (Fsp3) is 0.929. The van der Waals surface area contributed by atoms with Gasteiger partial charge in [0.1, 0.15) is 0 Å². The van der Waals surface area contributed by atoms with Gasteiger partial charge in [0.05, 0.1) is 12.5 Å². The van der Waals surface area contributed by atoms with Crippen LogP contribution < -0.4 is 5.32 Å². The third kappa shape index (κ3) is 2.28. The lowest BCUT2D eigenvalue weighted by molar-refractivity contribution is -0.124. The molecule has 3 aliphatic rings. The molecular formula is C14H23NO3. The molecule has 1 saturated heterocycles. The van der Waals surface area contributed by atoms with Gasteiger partial charge in [0.2, 0.25) is 5.91 Å². The van der Waals surface area contributed by atoms with Crippen molar-refractivity contribution in [2.24, 2.45) is 17.8 Å². The maximum absolute atomic E-state index is 12.0. The first-order valence-electron chi connectivity index (χ1n) is 7.29. The minimum absolute atomic E-state index is 0.109. The molecule has 1 amide bonds. The fourth-order valence-corrected chi connectivity index (χ4v) is 4.16. The monoisotopic (exact) mass is 253 g/mol. The van der Waals surface area contributed by atoms with Crippen LogP contribution in [0, 0.1) is 17.8 Å². The summed E-state index contributed by atoms with van der Waals surface area (Å²) in [4.78, 5) is 12.0. The summed E-state index contributed by atoms with van der Waals surface area (Å²) in [7, 11) is 0. The number of fused-ring (bicyclic) bond motifs is 2. The molecule has 2 bridgehead atoms. The molecule has 0 radical (unpaired) electrons. The Hall–Kier alpha value is -0.610. The topological polar surface area (TPSA) is 58.6 Å². The lowest BCUT2D eigenvalue weighted by Crippen LogP contribution is -2.45. The third-order valence-corrected chi connectivity index (χ3v) is 5.06. The molecule has 2 saturated carbocycles. The standard InChI is InChI=1S/C14H23NO3/c16-8-12-9-3-4-10(6-9)14(12)15-13(17)7-11-2-1-5-18-11/h9-12,14,16H,1-8H2,(H,15,17). The van der Waals surface area contributed by atoms with E-state index in [2.05, 4.69) is 5.32 Å². The largest absolute Gasteiger partial charge is 0.396 e. The average molecular weight is 253 g/mol. The van der Waals surface area contributed by atoms with Crippen LogP contribution in [0.15, 0.2) is 0 Å². The molecule has 2 aliphatic carbocycles. The average Bonchev–Trinajstić information content (AvgIpc) is 3.04. The molecule has 18 heavy (non-hydrogen) atoms. The minimum atomic E-state index is 0.109. The highest BCUT2D eigenvalue weighted by Gasteiger charge is 2.47. The Morgan fingerprint density at radius 3 is 2.83 bits per heavy atom. The molecule has 1 aliphatic heterocycles. The number of carbonyl (C=O) groups is 1. The van der Waals surface area contributed by atoms with Crippen molar-refractivity contribution in [2.45, 2.75) is 50.7 Å². The molecule has 5 atom stereocenters. The van der Waals surface area contributed by atoms with Gasteiger partial charge in [-0.25, -0.2) is 0 Å². The zero-order valence-electron chi connectivity index (χ0n) is 10.8. The summed E-state index contributed by atoms with van der Waals surface area (Å²) in [6.45, 7) is 1.01. The minimum Gasteiger partial charge on any atom is -0.396 e. The van der Waals surface area contributed by atoms with Crippen LogP contribution >= 0.6 is 0 Å². The first-order chi connectivity index (χ1) is 8.78. The molecule has 3 rings (SSSR count). The van der Waals surface area contributed by atoms with Crippen molar-refractivity contribution in [2.75, 3.05) is 13.2 Å². The number of hydrogen-bond acceptors (Lipinski definition) is 3. The number of hydrogen-bond donors (Lipinski definition) is 2. The Labute approximate surface area is 108 Å². The van der Waals surface area contributed by atoms with Crippen LogP contribution in [0.1, 0.15) is 38.5 Å². The van der Waals surface area contributed by atoms with E-state index in [0.717, 1.165) is 19.4 Å². The number of aliphatic hydroxyl groups excluding tert-OH is 1. The van der Waals surface area contributed by atoms with Gasteiger partial charge in [-0.3, -0.25) is 4.79 Å². The second-order valence-electron chi connectivity index (χ2n) is 6.11. The predicted molar refractivity (Wildman–Crippen MR) is 66.9 cm³/mol. The van der Waals surface area contributed by atoms with Gasteiger partial charge in [0, 0.05) is 25.2 Å². The smallest absolute Gasteiger partial charge is 0.222 e. The summed E-state index contributed by atoms with van der Waals surface area (Å²) < 4.78 is 5.49. The number of ether oxygens (including phenoxy) is 1. The third-order valence-electron chi connectivity index (χ3n) is 5.06. The van der Waals surface area contributed by atoms with Gasteiger partial charge in [-0.15, -0.1) is 0 Å².